The van der Waals surface area contributed by atoms with Crippen molar-refractivity contribution in [2.24, 2.45) is 11.7 Å². The second-order valence-electron chi connectivity index (χ2n) is 5.51. The molecule has 104 valence electrons. The molecule has 1 heterocycles. The Labute approximate surface area is 110 Å². The summed E-state index contributed by atoms with van der Waals surface area (Å²) in [5.74, 6) is 0.758. The molecule has 4 heteroatoms. The number of hydrogen-bond acceptors (Lipinski definition) is 3. The Morgan fingerprint density at radius 3 is 2.78 bits per heavy atom. The van der Waals surface area contributed by atoms with Crippen LogP contribution < -0.4 is 5.73 Å². The van der Waals surface area contributed by atoms with Crippen molar-refractivity contribution in [3.05, 3.63) is 0 Å². The molecule has 2 fully saturated rings. The number of hydrogen-bond donors (Lipinski definition) is 1. The highest BCUT2D eigenvalue weighted by Crippen LogP contribution is 2.30. The summed E-state index contributed by atoms with van der Waals surface area (Å²) in [6.07, 6.45) is 6.34. The van der Waals surface area contributed by atoms with Gasteiger partial charge in [-0.2, -0.15) is 0 Å². The van der Waals surface area contributed by atoms with Crippen LogP contribution in [0.2, 0.25) is 0 Å². The highest BCUT2D eigenvalue weighted by atomic mass is 16.5. The number of carbonyl (C=O) groups excluding carboxylic acids is 1. The van der Waals surface area contributed by atoms with Crippen molar-refractivity contribution in [3.8, 4) is 0 Å². The van der Waals surface area contributed by atoms with Crippen LogP contribution in [0.1, 0.15) is 45.4 Å². The Morgan fingerprint density at radius 2 is 2.17 bits per heavy atom. The third kappa shape index (κ3) is 3.04. The first-order chi connectivity index (χ1) is 8.76. The quantitative estimate of drug-likeness (QED) is 0.809. The summed E-state index contributed by atoms with van der Waals surface area (Å²) >= 11 is 0. The third-order valence-electron chi connectivity index (χ3n) is 4.41. The van der Waals surface area contributed by atoms with E-state index in [1.807, 2.05) is 4.90 Å². The maximum absolute atomic E-state index is 12.4. The average molecular weight is 254 g/mol. The third-order valence-corrected chi connectivity index (χ3v) is 4.41. The largest absolute Gasteiger partial charge is 0.378 e. The summed E-state index contributed by atoms with van der Waals surface area (Å²) in [6, 6.07) is 0.369. The fraction of sp³-hybridized carbons (Fsp3) is 0.929. The van der Waals surface area contributed by atoms with Gasteiger partial charge < -0.3 is 15.4 Å². The fourth-order valence-corrected chi connectivity index (χ4v) is 3.42. The van der Waals surface area contributed by atoms with Crippen LogP contribution in [0.4, 0.5) is 0 Å². The van der Waals surface area contributed by atoms with Crippen molar-refractivity contribution in [2.45, 2.75) is 57.6 Å². The Balaban J connectivity index is 1.92. The van der Waals surface area contributed by atoms with Gasteiger partial charge in [0.1, 0.15) is 0 Å². The molecule has 3 unspecified atom stereocenters. The van der Waals surface area contributed by atoms with Gasteiger partial charge in [0.05, 0.1) is 12.5 Å². The molecule has 1 amide bonds. The monoisotopic (exact) mass is 254 g/mol. The highest BCUT2D eigenvalue weighted by Gasteiger charge is 2.34. The normalized spacial score (nSPS) is 31.8. The molecule has 0 radical (unpaired) electrons. The van der Waals surface area contributed by atoms with Gasteiger partial charge in [-0.15, -0.1) is 0 Å². The molecule has 2 N–H and O–H groups in total. The standard InChI is InChI=1S/C14H26N2O2/c1-2-16(13-7-3-5-11(13)10-15)14(17)9-12-6-4-8-18-12/h11-13H,2-10,15H2,1H3. The van der Waals surface area contributed by atoms with Crippen LogP contribution in [0.5, 0.6) is 0 Å². The number of amides is 1. The van der Waals surface area contributed by atoms with Crippen molar-refractivity contribution in [3.63, 3.8) is 0 Å². The SMILES string of the molecule is CCN(C(=O)CC1CCCO1)C1CCCC1CN. The first-order valence-corrected chi connectivity index (χ1v) is 7.37. The number of nitrogens with two attached hydrogens (primary N) is 1. The smallest absolute Gasteiger partial charge is 0.225 e. The van der Waals surface area contributed by atoms with Crippen LogP contribution >= 0.6 is 0 Å². The van der Waals surface area contributed by atoms with Gasteiger partial charge in [-0.3, -0.25) is 4.79 Å². The first-order valence-electron chi connectivity index (χ1n) is 7.37. The molecular weight excluding hydrogens is 228 g/mol. The summed E-state index contributed by atoms with van der Waals surface area (Å²) in [5.41, 5.74) is 5.82. The van der Waals surface area contributed by atoms with Gasteiger partial charge in [0.15, 0.2) is 0 Å². The summed E-state index contributed by atoms with van der Waals surface area (Å²) in [5, 5.41) is 0. The highest BCUT2D eigenvalue weighted by molar-refractivity contribution is 5.77. The van der Waals surface area contributed by atoms with Crippen molar-refractivity contribution < 1.29 is 9.53 Å². The van der Waals surface area contributed by atoms with Crippen molar-refractivity contribution in [2.75, 3.05) is 19.7 Å². The molecule has 1 saturated heterocycles. The first kappa shape index (κ1) is 13.8. The molecule has 0 aromatic carbocycles. The summed E-state index contributed by atoms with van der Waals surface area (Å²) in [7, 11) is 0. The lowest BCUT2D eigenvalue weighted by molar-refractivity contribution is -0.136. The van der Waals surface area contributed by atoms with E-state index < -0.39 is 0 Å². The van der Waals surface area contributed by atoms with E-state index in [-0.39, 0.29) is 12.0 Å². The van der Waals surface area contributed by atoms with E-state index >= 15 is 0 Å². The van der Waals surface area contributed by atoms with E-state index in [4.69, 9.17) is 10.5 Å². The topological polar surface area (TPSA) is 55.6 Å². The van der Waals surface area contributed by atoms with E-state index in [0.29, 0.717) is 24.9 Å². The zero-order valence-corrected chi connectivity index (χ0v) is 11.4. The Bertz CT molecular complexity index is 277. The van der Waals surface area contributed by atoms with Crippen LogP contribution in [0.15, 0.2) is 0 Å². The van der Waals surface area contributed by atoms with Gasteiger partial charge in [-0.1, -0.05) is 6.42 Å². The molecule has 2 aliphatic rings. The summed E-state index contributed by atoms with van der Waals surface area (Å²) < 4.78 is 5.56. The van der Waals surface area contributed by atoms with Gasteiger partial charge >= 0.3 is 0 Å². The van der Waals surface area contributed by atoms with E-state index in [1.54, 1.807) is 0 Å². The second kappa shape index (κ2) is 6.53. The molecule has 1 saturated carbocycles. The zero-order chi connectivity index (χ0) is 13.0. The van der Waals surface area contributed by atoms with E-state index in [9.17, 15) is 4.79 Å². The fourth-order valence-electron chi connectivity index (χ4n) is 3.42. The molecule has 0 spiro atoms. The Morgan fingerprint density at radius 1 is 1.33 bits per heavy atom. The maximum Gasteiger partial charge on any atom is 0.225 e. The second-order valence-corrected chi connectivity index (χ2v) is 5.51. The minimum Gasteiger partial charge on any atom is -0.378 e. The molecule has 0 aromatic heterocycles. The predicted molar refractivity (Wildman–Crippen MR) is 71.2 cm³/mol. The molecule has 18 heavy (non-hydrogen) atoms. The van der Waals surface area contributed by atoms with Gasteiger partial charge in [0.2, 0.25) is 5.91 Å². The van der Waals surface area contributed by atoms with Crippen molar-refractivity contribution in [1.82, 2.24) is 4.90 Å². The van der Waals surface area contributed by atoms with E-state index in [2.05, 4.69) is 6.92 Å². The Kier molecular flexibility index (Phi) is 5.01. The van der Waals surface area contributed by atoms with Gasteiger partial charge in [0, 0.05) is 19.2 Å². The molecule has 0 bridgehead atoms. The lowest BCUT2D eigenvalue weighted by atomic mass is 10.0. The molecule has 4 nitrogen and oxygen atoms in total. The molecule has 1 aliphatic carbocycles. The molecule has 0 aromatic rings. The van der Waals surface area contributed by atoms with E-state index in [1.165, 1.54) is 12.8 Å². The van der Waals surface area contributed by atoms with Crippen molar-refractivity contribution in [1.29, 1.82) is 0 Å². The molecular formula is C14H26N2O2. The molecule has 3 atom stereocenters. The van der Waals surface area contributed by atoms with Gasteiger partial charge in [0.25, 0.3) is 0 Å². The lowest BCUT2D eigenvalue weighted by Crippen LogP contribution is -2.45. The molecule has 1 aliphatic heterocycles. The number of ether oxygens (including phenoxy) is 1. The van der Waals surface area contributed by atoms with Crippen LogP contribution in [0.25, 0.3) is 0 Å². The number of carbonyl (C=O) groups is 1. The Hall–Kier alpha value is -0.610. The summed E-state index contributed by atoms with van der Waals surface area (Å²) in [6.45, 7) is 4.39. The maximum atomic E-state index is 12.4. The molecule has 2 rings (SSSR count). The van der Waals surface area contributed by atoms with Crippen LogP contribution in [-0.2, 0) is 9.53 Å². The average Bonchev–Trinajstić information content (AvgIpc) is 3.01. The minimum absolute atomic E-state index is 0.157. The minimum atomic E-state index is 0.157. The predicted octanol–water partition coefficient (Wildman–Crippen LogP) is 1.53. The van der Waals surface area contributed by atoms with Gasteiger partial charge in [-0.05, 0) is 45.1 Å². The van der Waals surface area contributed by atoms with E-state index in [0.717, 1.165) is 32.4 Å². The number of rotatable bonds is 5. The number of nitrogens with zero attached hydrogens (tertiary/aromatic N) is 1. The van der Waals surface area contributed by atoms with Crippen LogP contribution in [0.3, 0.4) is 0 Å². The van der Waals surface area contributed by atoms with Gasteiger partial charge in [-0.25, -0.2) is 0 Å². The summed E-state index contributed by atoms with van der Waals surface area (Å²) in [4.78, 5) is 14.4. The zero-order valence-electron chi connectivity index (χ0n) is 11.4. The lowest BCUT2D eigenvalue weighted by Gasteiger charge is -2.32. The van der Waals surface area contributed by atoms with Crippen molar-refractivity contribution >= 4 is 5.91 Å². The van der Waals surface area contributed by atoms with Crippen LogP contribution in [-0.4, -0.2) is 42.6 Å². The van der Waals surface area contributed by atoms with Crippen LogP contribution in [0, 0.1) is 5.92 Å².